The van der Waals surface area contributed by atoms with Crippen LogP contribution in [0.5, 0.6) is 23.1 Å². The van der Waals surface area contributed by atoms with Crippen molar-refractivity contribution in [1.82, 2.24) is 4.57 Å². The summed E-state index contributed by atoms with van der Waals surface area (Å²) < 4.78 is 14.6. The second kappa shape index (κ2) is 7.38. The van der Waals surface area contributed by atoms with Crippen LogP contribution in [0, 0.1) is 6.92 Å². The lowest BCUT2D eigenvalue weighted by molar-refractivity contribution is 0.103. The number of hydrogen-bond donors (Lipinski definition) is 0. The Hall–Kier alpha value is -4.31. The molecule has 0 spiro atoms. The molecule has 0 N–H and O–H groups in total. The van der Waals surface area contributed by atoms with E-state index in [1.165, 1.54) is 0 Å². The highest BCUT2D eigenvalue weighted by atomic mass is 16.5. The van der Waals surface area contributed by atoms with Crippen LogP contribution in [0.2, 0.25) is 0 Å². The second-order valence-electron chi connectivity index (χ2n) is 8.28. The Bertz CT molecular complexity index is 1530. The summed E-state index contributed by atoms with van der Waals surface area (Å²) in [5, 5.41) is 0.858. The Morgan fingerprint density at radius 3 is 2.09 bits per heavy atom. The summed E-state index contributed by atoms with van der Waals surface area (Å²) in [6.45, 7) is 2.03. The zero-order valence-electron chi connectivity index (χ0n) is 18.3. The minimum atomic E-state index is -0.0392. The Morgan fingerprint density at radius 2 is 1.33 bits per heavy atom. The maximum absolute atomic E-state index is 13.7. The van der Waals surface area contributed by atoms with Gasteiger partial charge in [0.05, 0.1) is 16.6 Å². The molecule has 0 fully saturated rings. The molecule has 1 heterocycles. The largest absolute Gasteiger partial charge is 0.457 e. The average molecular weight is 431 g/mol. The first kappa shape index (κ1) is 19.4. The molecule has 6 rings (SSSR count). The number of aromatic nitrogens is 1. The van der Waals surface area contributed by atoms with Crippen molar-refractivity contribution in [2.75, 3.05) is 0 Å². The van der Waals surface area contributed by atoms with E-state index < -0.39 is 0 Å². The molecule has 0 atom stereocenters. The van der Waals surface area contributed by atoms with Crippen LogP contribution < -0.4 is 9.47 Å². The fourth-order valence-corrected chi connectivity index (χ4v) is 4.54. The quantitative estimate of drug-likeness (QED) is 0.294. The van der Waals surface area contributed by atoms with Gasteiger partial charge in [-0.1, -0.05) is 60.2 Å². The molecule has 1 aromatic heterocycles. The average Bonchev–Trinajstić information content (AvgIpc) is 3.12. The van der Waals surface area contributed by atoms with E-state index in [9.17, 15) is 4.79 Å². The lowest BCUT2D eigenvalue weighted by Crippen LogP contribution is -2.10. The van der Waals surface area contributed by atoms with E-state index in [2.05, 4.69) is 0 Å². The summed E-state index contributed by atoms with van der Waals surface area (Å²) in [5.74, 6) is 2.64. The third kappa shape index (κ3) is 3.03. The predicted molar refractivity (Wildman–Crippen MR) is 130 cm³/mol. The summed E-state index contributed by atoms with van der Waals surface area (Å²) in [5.41, 5.74) is 5.08. The van der Waals surface area contributed by atoms with Gasteiger partial charge in [0, 0.05) is 18.0 Å². The van der Waals surface area contributed by atoms with Gasteiger partial charge in [0.1, 0.15) is 17.2 Å². The van der Waals surface area contributed by atoms with Crippen molar-refractivity contribution in [3.8, 4) is 34.3 Å². The van der Waals surface area contributed by atoms with Crippen LogP contribution >= 0.6 is 0 Å². The number of ether oxygens (including phenoxy) is 2. The van der Waals surface area contributed by atoms with Gasteiger partial charge in [0.2, 0.25) is 5.88 Å². The summed E-state index contributed by atoms with van der Waals surface area (Å²) in [6.07, 6.45) is 0. The molecule has 5 aromatic rings. The Balaban J connectivity index is 1.62. The third-order valence-corrected chi connectivity index (χ3v) is 6.15. The minimum absolute atomic E-state index is 0.0392. The minimum Gasteiger partial charge on any atom is -0.457 e. The van der Waals surface area contributed by atoms with E-state index in [0.29, 0.717) is 28.5 Å². The summed E-state index contributed by atoms with van der Waals surface area (Å²) in [7, 11) is 1.97. The highest BCUT2D eigenvalue weighted by Crippen LogP contribution is 2.50. The molecule has 0 saturated heterocycles. The lowest BCUT2D eigenvalue weighted by Gasteiger charge is -2.19. The van der Waals surface area contributed by atoms with E-state index in [1.807, 2.05) is 110 Å². The van der Waals surface area contributed by atoms with E-state index >= 15 is 0 Å². The summed E-state index contributed by atoms with van der Waals surface area (Å²) in [4.78, 5) is 13.7. The topological polar surface area (TPSA) is 40.5 Å². The number of carbonyl (C=O) groups excluding carboxylic acids is 1. The van der Waals surface area contributed by atoms with Gasteiger partial charge in [-0.2, -0.15) is 0 Å². The van der Waals surface area contributed by atoms with Gasteiger partial charge in [-0.05, 0) is 48.9 Å². The highest BCUT2D eigenvalue weighted by molar-refractivity contribution is 6.28. The van der Waals surface area contributed by atoms with Gasteiger partial charge >= 0.3 is 0 Å². The first-order chi connectivity index (χ1) is 16.1. The Kier molecular flexibility index (Phi) is 4.34. The van der Waals surface area contributed by atoms with Crippen LogP contribution in [-0.4, -0.2) is 10.4 Å². The number of para-hydroxylation sites is 1. The number of carbonyl (C=O) groups is 1. The smallest absolute Gasteiger partial charge is 0.208 e. The lowest BCUT2D eigenvalue weighted by atomic mass is 9.85. The number of benzene rings is 4. The third-order valence-electron chi connectivity index (χ3n) is 6.15. The molecule has 4 heteroatoms. The van der Waals surface area contributed by atoms with Crippen LogP contribution in [-0.2, 0) is 7.05 Å². The first-order valence-electron chi connectivity index (χ1n) is 10.9. The molecule has 0 saturated carbocycles. The maximum atomic E-state index is 13.7. The van der Waals surface area contributed by atoms with Gasteiger partial charge in [0.25, 0.3) is 0 Å². The summed E-state index contributed by atoms with van der Waals surface area (Å²) in [6, 6.07) is 29.1. The Labute approximate surface area is 191 Å². The van der Waals surface area contributed by atoms with Gasteiger partial charge in [0.15, 0.2) is 5.78 Å². The van der Waals surface area contributed by atoms with Crippen molar-refractivity contribution in [3.05, 3.63) is 108 Å². The molecular formula is C29H21NO3. The molecule has 160 valence electrons. The molecule has 1 aliphatic carbocycles. The molecule has 4 aromatic carbocycles. The second-order valence-corrected chi connectivity index (χ2v) is 8.28. The van der Waals surface area contributed by atoms with Gasteiger partial charge in [-0.25, -0.2) is 0 Å². The van der Waals surface area contributed by atoms with Crippen molar-refractivity contribution >= 4 is 16.7 Å². The van der Waals surface area contributed by atoms with E-state index in [0.717, 1.165) is 33.3 Å². The van der Waals surface area contributed by atoms with Crippen LogP contribution in [0.4, 0.5) is 0 Å². The van der Waals surface area contributed by atoms with E-state index in [4.69, 9.17) is 9.47 Å². The number of hydrogen-bond acceptors (Lipinski definition) is 3. The van der Waals surface area contributed by atoms with Gasteiger partial charge in [-0.15, -0.1) is 0 Å². The van der Waals surface area contributed by atoms with Crippen LogP contribution in [0.1, 0.15) is 21.5 Å². The number of aryl methyl sites for hydroxylation is 2. The SMILES string of the molecule is Cc1ccc(Oc2ccc3c4c2C(=O)c2ccccc2-c4c(Oc2ccccc2)n3C)cc1. The molecule has 0 unspecified atom stereocenters. The van der Waals surface area contributed by atoms with Crippen molar-refractivity contribution < 1.29 is 14.3 Å². The van der Waals surface area contributed by atoms with Crippen LogP contribution in [0.3, 0.4) is 0 Å². The fourth-order valence-electron chi connectivity index (χ4n) is 4.54. The maximum Gasteiger partial charge on any atom is 0.208 e. The monoisotopic (exact) mass is 431 g/mol. The standard InChI is InChI=1S/C29H21NO3/c1-18-12-14-20(15-13-18)32-24-17-16-23-26-25(21-10-6-7-11-22(21)28(31)27(24)26)29(30(23)2)33-19-8-4-3-5-9-19/h3-17H,1-2H3. The van der Waals surface area contributed by atoms with Gasteiger partial charge in [-0.3, -0.25) is 4.79 Å². The van der Waals surface area contributed by atoms with Crippen molar-refractivity contribution in [1.29, 1.82) is 0 Å². The zero-order valence-corrected chi connectivity index (χ0v) is 18.3. The van der Waals surface area contributed by atoms with Crippen molar-refractivity contribution in [2.45, 2.75) is 6.92 Å². The van der Waals surface area contributed by atoms with E-state index in [1.54, 1.807) is 0 Å². The molecule has 1 aliphatic rings. The molecule has 0 amide bonds. The number of fused-ring (bicyclic) bond motifs is 2. The van der Waals surface area contributed by atoms with E-state index in [-0.39, 0.29) is 5.78 Å². The normalized spacial score (nSPS) is 12.0. The number of rotatable bonds is 4. The number of ketones is 1. The summed E-state index contributed by atoms with van der Waals surface area (Å²) >= 11 is 0. The predicted octanol–water partition coefficient (Wildman–Crippen LogP) is 7.28. The van der Waals surface area contributed by atoms with Crippen molar-refractivity contribution in [2.24, 2.45) is 7.05 Å². The molecule has 4 nitrogen and oxygen atoms in total. The zero-order chi connectivity index (χ0) is 22.5. The molecule has 0 aliphatic heterocycles. The van der Waals surface area contributed by atoms with Gasteiger partial charge < -0.3 is 14.0 Å². The molecule has 0 bridgehead atoms. The fraction of sp³-hybridized carbons (Fsp3) is 0.0690. The van der Waals surface area contributed by atoms with Crippen LogP contribution in [0.25, 0.3) is 22.0 Å². The Morgan fingerprint density at radius 1 is 0.667 bits per heavy atom. The van der Waals surface area contributed by atoms with Crippen molar-refractivity contribution in [3.63, 3.8) is 0 Å². The first-order valence-corrected chi connectivity index (χ1v) is 10.9. The van der Waals surface area contributed by atoms with Crippen LogP contribution in [0.15, 0.2) is 91.0 Å². The highest BCUT2D eigenvalue weighted by Gasteiger charge is 2.33. The molecule has 33 heavy (non-hydrogen) atoms. The molecular weight excluding hydrogens is 410 g/mol. The molecule has 0 radical (unpaired) electrons. The number of nitrogens with zero attached hydrogens (tertiary/aromatic N) is 1.